The molecule has 3 N–H and O–H groups in total. The number of ether oxygens (including phenoxy) is 3. The summed E-state index contributed by atoms with van der Waals surface area (Å²) in [5.74, 6) is 3.23. The van der Waals surface area contributed by atoms with Crippen molar-refractivity contribution in [3.05, 3.63) is 101 Å². The SMILES string of the molecule is C=C(/C=C/CC(C)C(C)C1CC1c1ccc(CO)cc1)NC(C)C(=O)NCC(C)(C)C(=C)OC(CC(C)C)C(=O)OC.COc1ccc(C)cc1Cl. The molecule has 1 saturated carbocycles. The number of aliphatic hydroxyl groups excluding tert-OH is 1. The van der Waals surface area contributed by atoms with E-state index in [9.17, 15) is 14.7 Å². The number of hydrogen-bond donors (Lipinski definition) is 3. The standard InChI is InChI=1S/C35H54N2O5.C8H9ClO/c1-22(2)18-32(34(40)41-10)42-27(7)35(8,9)21-36-33(39)26(6)37-24(4)13-11-12-23(3)25(5)30-19-31(30)29-16-14-28(20-38)15-17-29;1-6-3-4-8(10-2)7(9)5-6/h11,13-17,22-23,25-26,30-32,37-38H,4,7,12,18-21H2,1-3,5-6,8-10H3,(H,36,39);3-5H,1-2H3/b13-11+;. The molecule has 2 aromatic rings. The second-order valence-electron chi connectivity index (χ2n) is 15.2. The van der Waals surface area contributed by atoms with Crippen LogP contribution in [0.3, 0.4) is 0 Å². The summed E-state index contributed by atoms with van der Waals surface area (Å²) in [7, 11) is 2.95. The molecule has 0 heterocycles. The summed E-state index contributed by atoms with van der Waals surface area (Å²) in [6.07, 6.45) is 6.03. The maximum atomic E-state index is 12.8. The number of amides is 1. The Morgan fingerprint density at radius 3 is 2.27 bits per heavy atom. The quantitative estimate of drug-likeness (QED) is 0.0751. The van der Waals surface area contributed by atoms with Gasteiger partial charge in [0.05, 0.1) is 31.6 Å². The maximum Gasteiger partial charge on any atom is 0.347 e. The Hall–Kier alpha value is -3.75. The summed E-state index contributed by atoms with van der Waals surface area (Å²) in [5.41, 5.74) is 3.56. The largest absolute Gasteiger partial charge is 0.495 e. The average Bonchev–Trinajstić information content (AvgIpc) is 3.90. The van der Waals surface area contributed by atoms with Crippen LogP contribution in [0.5, 0.6) is 5.75 Å². The molecule has 1 fully saturated rings. The van der Waals surface area contributed by atoms with Crippen molar-refractivity contribution in [3.8, 4) is 5.75 Å². The van der Waals surface area contributed by atoms with Crippen molar-refractivity contribution in [1.29, 1.82) is 0 Å². The van der Waals surface area contributed by atoms with Gasteiger partial charge in [-0.05, 0) is 97.6 Å². The fourth-order valence-corrected chi connectivity index (χ4v) is 6.23. The number of carbonyl (C=O) groups excluding carboxylic acids is 2. The number of allylic oxidation sites excluding steroid dienone is 2. The minimum absolute atomic E-state index is 0.0836. The molecule has 6 atom stereocenters. The number of benzene rings is 2. The molecule has 1 aliphatic carbocycles. The lowest BCUT2D eigenvalue weighted by Crippen LogP contribution is -2.45. The van der Waals surface area contributed by atoms with Crippen molar-refractivity contribution in [2.75, 3.05) is 20.8 Å². The van der Waals surface area contributed by atoms with Crippen LogP contribution in [0.4, 0.5) is 0 Å². The number of methoxy groups -OCH3 is 2. The summed E-state index contributed by atoms with van der Waals surface area (Å²) < 4.78 is 15.8. The number of aliphatic hydroxyl groups is 1. The molecule has 3 rings (SSSR count). The first kappa shape index (κ1) is 44.4. The Labute approximate surface area is 318 Å². The van der Waals surface area contributed by atoms with Crippen LogP contribution in [0, 0.1) is 36.0 Å². The van der Waals surface area contributed by atoms with Crippen molar-refractivity contribution >= 4 is 23.5 Å². The van der Waals surface area contributed by atoms with Crippen LogP contribution in [-0.4, -0.2) is 49.9 Å². The van der Waals surface area contributed by atoms with E-state index in [0.717, 1.165) is 23.3 Å². The number of aryl methyl sites for hydroxylation is 1. The van der Waals surface area contributed by atoms with Gasteiger partial charge in [-0.15, -0.1) is 0 Å². The van der Waals surface area contributed by atoms with E-state index < -0.39 is 23.5 Å². The molecule has 0 spiro atoms. The molecule has 288 valence electrons. The van der Waals surface area contributed by atoms with Crippen LogP contribution in [0.1, 0.15) is 90.3 Å². The highest BCUT2D eigenvalue weighted by atomic mass is 35.5. The summed E-state index contributed by atoms with van der Waals surface area (Å²) in [4.78, 5) is 25.0. The third kappa shape index (κ3) is 14.3. The Morgan fingerprint density at radius 1 is 1.06 bits per heavy atom. The molecular weight excluding hydrogens is 676 g/mol. The zero-order valence-electron chi connectivity index (χ0n) is 33.1. The molecule has 0 aromatic heterocycles. The average molecular weight is 739 g/mol. The molecule has 0 bridgehead atoms. The number of carbonyl (C=O) groups is 2. The van der Waals surface area contributed by atoms with E-state index in [1.54, 1.807) is 14.0 Å². The highest BCUT2D eigenvalue weighted by molar-refractivity contribution is 6.32. The molecule has 9 heteroatoms. The van der Waals surface area contributed by atoms with E-state index >= 15 is 0 Å². The molecule has 0 aliphatic heterocycles. The van der Waals surface area contributed by atoms with Gasteiger partial charge in [0.15, 0.2) is 6.10 Å². The number of nitrogens with one attached hydrogen (secondary N) is 2. The van der Waals surface area contributed by atoms with Gasteiger partial charge in [-0.3, -0.25) is 4.79 Å². The third-order valence-corrected chi connectivity index (χ3v) is 10.1. The van der Waals surface area contributed by atoms with Crippen LogP contribution >= 0.6 is 11.6 Å². The summed E-state index contributed by atoms with van der Waals surface area (Å²) >= 11 is 5.80. The van der Waals surface area contributed by atoms with Gasteiger partial charge in [0.25, 0.3) is 0 Å². The maximum absolute atomic E-state index is 12.8. The minimum Gasteiger partial charge on any atom is -0.495 e. The van der Waals surface area contributed by atoms with Gasteiger partial charge in [0.2, 0.25) is 5.91 Å². The van der Waals surface area contributed by atoms with Crippen LogP contribution in [0.15, 0.2) is 79.2 Å². The molecule has 8 nitrogen and oxygen atoms in total. The predicted octanol–water partition coefficient (Wildman–Crippen LogP) is 8.91. The van der Waals surface area contributed by atoms with Gasteiger partial charge >= 0.3 is 5.97 Å². The lowest BCUT2D eigenvalue weighted by Gasteiger charge is -2.31. The molecule has 52 heavy (non-hydrogen) atoms. The summed E-state index contributed by atoms with van der Waals surface area (Å²) in [6, 6.07) is 13.6. The zero-order chi connectivity index (χ0) is 39.2. The highest BCUT2D eigenvalue weighted by Gasteiger charge is 2.43. The van der Waals surface area contributed by atoms with Crippen molar-refractivity contribution in [3.63, 3.8) is 0 Å². The summed E-state index contributed by atoms with van der Waals surface area (Å²) in [5, 5.41) is 16.1. The topological polar surface area (TPSA) is 106 Å². The Kier molecular flexibility index (Phi) is 18.0. The second kappa shape index (κ2) is 21.1. The molecule has 1 amide bonds. The van der Waals surface area contributed by atoms with Gasteiger partial charge < -0.3 is 30.0 Å². The number of rotatable bonds is 19. The van der Waals surface area contributed by atoms with E-state index in [0.29, 0.717) is 53.1 Å². The van der Waals surface area contributed by atoms with Gasteiger partial charge in [0.1, 0.15) is 11.8 Å². The van der Waals surface area contributed by atoms with Crippen LogP contribution < -0.4 is 15.4 Å². The van der Waals surface area contributed by atoms with E-state index in [2.05, 4.69) is 55.8 Å². The molecule has 2 aromatic carbocycles. The van der Waals surface area contributed by atoms with Crippen molar-refractivity contribution in [1.82, 2.24) is 10.6 Å². The Bertz CT molecular complexity index is 1500. The van der Waals surface area contributed by atoms with E-state index in [1.807, 2.05) is 71.0 Å². The Balaban J connectivity index is 0.000000802. The van der Waals surface area contributed by atoms with Gasteiger partial charge in [-0.2, -0.15) is 0 Å². The van der Waals surface area contributed by atoms with E-state index in [1.165, 1.54) is 19.1 Å². The zero-order valence-corrected chi connectivity index (χ0v) is 33.8. The van der Waals surface area contributed by atoms with Crippen LogP contribution in [0.25, 0.3) is 0 Å². The fraction of sp³-hybridized carbons (Fsp3) is 0.535. The van der Waals surface area contributed by atoms with Gasteiger partial charge in [0, 0.05) is 17.7 Å². The molecular formula is C43H63ClN2O6. The summed E-state index contributed by atoms with van der Waals surface area (Å²) in [6.45, 7) is 24.8. The minimum atomic E-state index is -0.727. The highest BCUT2D eigenvalue weighted by Crippen LogP contribution is 2.54. The molecule has 0 radical (unpaired) electrons. The van der Waals surface area contributed by atoms with Crippen molar-refractivity contribution in [2.24, 2.45) is 29.1 Å². The number of esters is 1. The van der Waals surface area contributed by atoms with E-state index in [4.69, 9.17) is 25.8 Å². The predicted molar refractivity (Wildman–Crippen MR) is 212 cm³/mol. The second-order valence-corrected chi connectivity index (χ2v) is 15.6. The monoisotopic (exact) mass is 738 g/mol. The lowest BCUT2D eigenvalue weighted by atomic mass is 9.87. The smallest absolute Gasteiger partial charge is 0.347 e. The third-order valence-electron chi connectivity index (χ3n) is 9.83. The first-order valence-electron chi connectivity index (χ1n) is 18.3. The molecule has 0 saturated heterocycles. The van der Waals surface area contributed by atoms with Crippen molar-refractivity contribution in [2.45, 2.75) is 99.3 Å². The first-order chi connectivity index (χ1) is 24.4. The number of halogens is 1. The molecule has 6 unspecified atom stereocenters. The van der Waals surface area contributed by atoms with E-state index in [-0.39, 0.29) is 18.4 Å². The first-order valence-corrected chi connectivity index (χ1v) is 18.6. The molecule has 1 aliphatic rings. The Morgan fingerprint density at radius 2 is 1.71 bits per heavy atom. The van der Waals surface area contributed by atoms with Crippen molar-refractivity contribution < 1.29 is 28.9 Å². The van der Waals surface area contributed by atoms with Crippen LogP contribution in [-0.2, 0) is 25.7 Å². The normalized spacial score (nSPS) is 17.6. The van der Waals surface area contributed by atoms with Gasteiger partial charge in [-0.25, -0.2) is 4.79 Å². The lowest BCUT2D eigenvalue weighted by molar-refractivity contribution is -0.153. The fourth-order valence-electron chi connectivity index (χ4n) is 5.92. The van der Waals surface area contributed by atoms with Crippen LogP contribution in [0.2, 0.25) is 5.02 Å². The van der Waals surface area contributed by atoms with Gasteiger partial charge in [-0.1, -0.05) is 103 Å². The number of hydrogen-bond acceptors (Lipinski definition) is 7.